The average Bonchev–Trinajstić information content (AvgIpc) is 2.28. The van der Waals surface area contributed by atoms with Gasteiger partial charge in [0.25, 0.3) is 0 Å². The molecule has 15 heavy (non-hydrogen) atoms. The van der Waals surface area contributed by atoms with Crippen LogP contribution in [-0.4, -0.2) is 11.5 Å². The van der Waals surface area contributed by atoms with Gasteiger partial charge in [-0.25, -0.2) is 0 Å². The van der Waals surface area contributed by atoms with Crippen molar-refractivity contribution in [2.75, 3.05) is 6.54 Å². The molecule has 0 spiro atoms. The molecule has 0 aliphatic heterocycles. The third-order valence-electron chi connectivity index (χ3n) is 3.71. The zero-order chi connectivity index (χ0) is 10.8. The molecule has 2 rings (SSSR count). The molecule has 3 unspecified atom stereocenters. The summed E-state index contributed by atoms with van der Waals surface area (Å²) in [4.78, 5) is 4.56. The molecular weight excluding hydrogens is 184 g/mol. The number of hydrogen-bond acceptors (Lipinski definition) is 2. The van der Waals surface area contributed by atoms with E-state index in [9.17, 15) is 0 Å². The van der Waals surface area contributed by atoms with Gasteiger partial charge in [-0.05, 0) is 42.9 Å². The average molecular weight is 204 g/mol. The van der Waals surface area contributed by atoms with E-state index in [-0.39, 0.29) is 0 Å². The molecular formula is C13H20N2. The Kier molecular flexibility index (Phi) is 3.06. The van der Waals surface area contributed by atoms with E-state index in [2.05, 4.69) is 24.9 Å². The molecule has 2 nitrogen and oxygen atoms in total. The van der Waals surface area contributed by atoms with Crippen LogP contribution in [0.15, 0.2) is 18.3 Å². The molecule has 2 heteroatoms. The van der Waals surface area contributed by atoms with Crippen molar-refractivity contribution in [2.24, 2.45) is 17.6 Å². The van der Waals surface area contributed by atoms with E-state index < -0.39 is 0 Å². The molecule has 0 amide bonds. The Bertz CT molecular complexity index is 335. The Balaban J connectivity index is 2.37. The second-order valence-corrected chi connectivity index (χ2v) is 4.80. The minimum absolute atomic E-state index is 0.536. The summed E-state index contributed by atoms with van der Waals surface area (Å²) in [5.41, 5.74) is 8.53. The SMILES string of the molecule is CC(CN)C1c2ncccc2CCC1C. The van der Waals surface area contributed by atoms with Crippen LogP contribution in [0.3, 0.4) is 0 Å². The van der Waals surface area contributed by atoms with Gasteiger partial charge in [0, 0.05) is 17.8 Å². The highest BCUT2D eigenvalue weighted by molar-refractivity contribution is 5.27. The van der Waals surface area contributed by atoms with Crippen LogP contribution < -0.4 is 5.73 Å². The number of nitrogens with zero attached hydrogens (tertiary/aromatic N) is 1. The lowest BCUT2D eigenvalue weighted by Crippen LogP contribution is -2.29. The number of rotatable bonds is 2. The van der Waals surface area contributed by atoms with E-state index in [0.29, 0.717) is 17.8 Å². The Morgan fingerprint density at radius 2 is 2.40 bits per heavy atom. The Hall–Kier alpha value is -0.890. The molecule has 1 aliphatic rings. The fourth-order valence-electron chi connectivity index (χ4n) is 2.77. The Morgan fingerprint density at radius 3 is 3.13 bits per heavy atom. The zero-order valence-corrected chi connectivity index (χ0v) is 9.61. The minimum Gasteiger partial charge on any atom is -0.330 e. The van der Waals surface area contributed by atoms with Crippen molar-refractivity contribution >= 4 is 0 Å². The molecule has 0 saturated heterocycles. The molecule has 0 radical (unpaired) electrons. The van der Waals surface area contributed by atoms with Crippen molar-refractivity contribution in [2.45, 2.75) is 32.6 Å². The standard InChI is InChI=1S/C13H20N2/c1-9-5-6-11-4-3-7-15-13(11)12(9)10(2)8-14/h3-4,7,9-10,12H,5-6,8,14H2,1-2H3. The summed E-state index contributed by atoms with van der Waals surface area (Å²) in [5.74, 6) is 1.81. The van der Waals surface area contributed by atoms with Crippen LogP contribution in [0.4, 0.5) is 0 Å². The molecule has 82 valence electrons. The first-order valence-corrected chi connectivity index (χ1v) is 5.88. The van der Waals surface area contributed by atoms with Gasteiger partial charge >= 0.3 is 0 Å². The number of fused-ring (bicyclic) bond motifs is 1. The molecule has 1 aliphatic carbocycles. The van der Waals surface area contributed by atoms with Crippen molar-refractivity contribution < 1.29 is 0 Å². The molecule has 1 aromatic heterocycles. The molecule has 0 aromatic carbocycles. The number of pyridine rings is 1. The second kappa shape index (κ2) is 4.31. The van der Waals surface area contributed by atoms with Crippen molar-refractivity contribution in [1.82, 2.24) is 4.98 Å². The van der Waals surface area contributed by atoms with Crippen molar-refractivity contribution in [3.05, 3.63) is 29.6 Å². The largest absolute Gasteiger partial charge is 0.330 e. The molecule has 0 saturated carbocycles. The van der Waals surface area contributed by atoms with Crippen LogP contribution in [0.2, 0.25) is 0 Å². The predicted molar refractivity (Wildman–Crippen MR) is 62.7 cm³/mol. The van der Waals surface area contributed by atoms with Crippen LogP contribution in [0.25, 0.3) is 0 Å². The van der Waals surface area contributed by atoms with E-state index in [1.54, 1.807) is 0 Å². The van der Waals surface area contributed by atoms with Crippen LogP contribution in [0, 0.1) is 11.8 Å². The maximum absolute atomic E-state index is 5.79. The van der Waals surface area contributed by atoms with Gasteiger partial charge in [-0.3, -0.25) is 4.98 Å². The summed E-state index contributed by atoms with van der Waals surface area (Å²) < 4.78 is 0. The number of aryl methyl sites for hydroxylation is 1. The maximum atomic E-state index is 5.79. The van der Waals surface area contributed by atoms with E-state index in [1.165, 1.54) is 24.1 Å². The summed E-state index contributed by atoms with van der Waals surface area (Å²) in [6.07, 6.45) is 4.36. The van der Waals surface area contributed by atoms with Gasteiger partial charge in [-0.15, -0.1) is 0 Å². The molecule has 2 N–H and O–H groups in total. The van der Waals surface area contributed by atoms with Crippen LogP contribution in [-0.2, 0) is 6.42 Å². The normalized spacial score (nSPS) is 27.1. The van der Waals surface area contributed by atoms with Gasteiger partial charge < -0.3 is 5.73 Å². The van der Waals surface area contributed by atoms with Gasteiger partial charge in [-0.2, -0.15) is 0 Å². The summed E-state index contributed by atoms with van der Waals surface area (Å²) in [6.45, 7) is 5.32. The highest BCUT2D eigenvalue weighted by Crippen LogP contribution is 2.39. The lowest BCUT2D eigenvalue weighted by molar-refractivity contribution is 0.308. The zero-order valence-electron chi connectivity index (χ0n) is 9.61. The molecule has 1 heterocycles. The smallest absolute Gasteiger partial charge is 0.0472 e. The topological polar surface area (TPSA) is 38.9 Å². The number of hydrogen-bond donors (Lipinski definition) is 1. The Morgan fingerprint density at radius 1 is 1.60 bits per heavy atom. The lowest BCUT2D eigenvalue weighted by atomic mass is 9.73. The highest BCUT2D eigenvalue weighted by atomic mass is 14.7. The van der Waals surface area contributed by atoms with Crippen LogP contribution in [0.5, 0.6) is 0 Å². The van der Waals surface area contributed by atoms with Gasteiger partial charge in [0.1, 0.15) is 0 Å². The summed E-state index contributed by atoms with van der Waals surface area (Å²) >= 11 is 0. The second-order valence-electron chi connectivity index (χ2n) is 4.80. The minimum atomic E-state index is 0.536. The van der Waals surface area contributed by atoms with Gasteiger partial charge in [0.15, 0.2) is 0 Å². The lowest BCUT2D eigenvalue weighted by Gasteiger charge is -2.34. The third kappa shape index (κ3) is 1.91. The first-order valence-electron chi connectivity index (χ1n) is 5.88. The molecule has 0 fully saturated rings. The fourth-order valence-corrected chi connectivity index (χ4v) is 2.77. The maximum Gasteiger partial charge on any atom is 0.0472 e. The third-order valence-corrected chi connectivity index (χ3v) is 3.71. The number of nitrogens with two attached hydrogens (primary N) is 1. The van der Waals surface area contributed by atoms with Gasteiger partial charge in [-0.1, -0.05) is 19.9 Å². The number of aromatic nitrogens is 1. The fraction of sp³-hybridized carbons (Fsp3) is 0.615. The van der Waals surface area contributed by atoms with Crippen molar-refractivity contribution in [1.29, 1.82) is 0 Å². The van der Waals surface area contributed by atoms with E-state index >= 15 is 0 Å². The summed E-state index contributed by atoms with van der Waals surface area (Å²) in [6, 6.07) is 4.25. The van der Waals surface area contributed by atoms with Gasteiger partial charge in [0.05, 0.1) is 0 Å². The quantitative estimate of drug-likeness (QED) is 0.803. The van der Waals surface area contributed by atoms with Crippen LogP contribution in [0.1, 0.15) is 37.4 Å². The summed E-state index contributed by atoms with van der Waals surface area (Å²) in [5, 5.41) is 0. The van der Waals surface area contributed by atoms with E-state index in [4.69, 9.17) is 5.73 Å². The van der Waals surface area contributed by atoms with Crippen LogP contribution >= 0.6 is 0 Å². The first kappa shape index (κ1) is 10.6. The predicted octanol–water partition coefficient (Wildman–Crippen LogP) is 2.34. The molecule has 1 aromatic rings. The van der Waals surface area contributed by atoms with Gasteiger partial charge in [0.2, 0.25) is 0 Å². The monoisotopic (exact) mass is 204 g/mol. The summed E-state index contributed by atoms with van der Waals surface area (Å²) in [7, 11) is 0. The van der Waals surface area contributed by atoms with Crippen molar-refractivity contribution in [3.8, 4) is 0 Å². The van der Waals surface area contributed by atoms with Crippen molar-refractivity contribution in [3.63, 3.8) is 0 Å². The molecule has 3 atom stereocenters. The van der Waals surface area contributed by atoms with E-state index in [1.807, 2.05) is 12.3 Å². The molecule has 0 bridgehead atoms. The first-order chi connectivity index (χ1) is 7.24. The Labute approximate surface area is 91.9 Å². The highest BCUT2D eigenvalue weighted by Gasteiger charge is 2.30. The van der Waals surface area contributed by atoms with E-state index in [0.717, 1.165) is 6.54 Å².